The van der Waals surface area contributed by atoms with E-state index in [1.165, 1.54) is 0 Å². The van der Waals surface area contributed by atoms with E-state index in [9.17, 15) is 17.2 Å². The molecule has 0 spiro atoms. The Morgan fingerprint density at radius 3 is 2.76 bits per heavy atom. The number of rotatable bonds is 5. The number of anilines is 1. The Balaban J connectivity index is 2.01. The fourth-order valence-corrected chi connectivity index (χ4v) is 3.41. The maximum absolute atomic E-state index is 13.6. The predicted octanol–water partition coefficient (Wildman–Crippen LogP) is 1.78. The van der Waals surface area contributed by atoms with Crippen molar-refractivity contribution in [2.24, 2.45) is 0 Å². The molecule has 0 aliphatic carbocycles. The van der Waals surface area contributed by atoms with Crippen LogP contribution in [-0.2, 0) is 14.8 Å². The molecule has 1 saturated heterocycles. The van der Waals surface area contributed by atoms with Gasteiger partial charge in [-0.15, -0.1) is 0 Å². The molecule has 118 valence electrons. The third-order valence-corrected chi connectivity index (χ3v) is 4.80. The molecule has 2 rings (SSSR count). The highest BCUT2D eigenvalue weighted by atomic mass is 32.2. The van der Waals surface area contributed by atoms with E-state index in [1.54, 1.807) is 0 Å². The average Bonchev–Trinajstić information content (AvgIpc) is 2.43. The van der Waals surface area contributed by atoms with Gasteiger partial charge in [0, 0.05) is 18.8 Å². The van der Waals surface area contributed by atoms with Gasteiger partial charge in [0.1, 0.15) is 4.90 Å². The van der Waals surface area contributed by atoms with E-state index in [-0.39, 0.29) is 18.3 Å². The highest BCUT2D eigenvalue weighted by molar-refractivity contribution is 7.89. The van der Waals surface area contributed by atoms with E-state index >= 15 is 0 Å². The first-order valence-electron chi connectivity index (χ1n) is 6.76. The van der Waals surface area contributed by atoms with Crippen LogP contribution in [0.5, 0.6) is 0 Å². The Morgan fingerprint density at radius 2 is 2.10 bits per heavy atom. The van der Waals surface area contributed by atoms with E-state index in [0.29, 0.717) is 13.0 Å². The molecule has 0 saturated carbocycles. The molecule has 1 atom stereocenters. The van der Waals surface area contributed by atoms with Crippen molar-refractivity contribution in [2.75, 3.05) is 18.9 Å². The largest absolute Gasteiger partial charge is 0.399 e. The molecule has 21 heavy (non-hydrogen) atoms. The van der Waals surface area contributed by atoms with Crippen molar-refractivity contribution in [3.8, 4) is 0 Å². The molecule has 0 bridgehead atoms. The number of nitrogens with two attached hydrogens (primary N) is 1. The van der Waals surface area contributed by atoms with Crippen LogP contribution in [-0.4, -0.2) is 27.7 Å². The second-order valence-corrected chi connectivity index (χ2v) is 6.73. The van der Waals surface area contributed by atoms with Crippen LogP contribution >= 0.6 is 0 Å². The zero-order chi connectivity index (χ0) is 15.5. The highest BCUT2D eigenvalue weighted by Gasteiger charge is 2.23. The van der Waals surface area contributed by atoms with Crippen molar-refractivity contribution < 1.29 is 21.9 Å². The summed E-state index contributed by atoms with van der Waals surface area (Å²) < 4.78 is 58.5. The van der Waals surface area contributed by atoms with E-state index in [2.05, 4.69) is 4.72 Å². The minimum Gasteiger partial charge on any atom is -0.399 e. The number of hydrogen-bond acceptors (Lipinski definition) is 4. The van der Waals surface area contributed by atoms with Gasteiger partial charge >= 0.3 is 0 Å². The lowest BCUT2D eigenvalue weighted by Crippen LogP contribution is -2.30. The molecule has 0 radical (unpaired) electrons. The van der Waals surface area contributed by atoms with Crippen molar-refractivity contribution in [1.29, 1.82) is 0 Å². The van der Waals surface area contributed by atoms with E-state index in [1.807, 2.05) is 0 Å². The normalized spacial score (nSPS) is 19.6. The van der Waals surface area contributed by atoms with Gasteiger partial charge in [0.2, 0.25) is 10.0 Å². The molecule has 3 N–H and O–H groups in total. The first-order chi connectivity index (χ1) is 9.90. The van der Waals surface area contributed by atoms with Gasteiger partial charge in [-0.25, -0.2) is 21.9 Å². The van der Waals surface area contributed by atoms with Crippen molar-refractivity contribution in [2.45, 2.75) is 36.7 Å². The Bertz CT molecular complexity index is 602. The summed E-state index contributed by atoms with van der Waals surface area (Å²) in [6.07, 6.45) is 3.43. The highest BCUT2D eigenvalue weighted by Crippen LogP contribution is 2.21. The van der Waals surface area contributed by atoms with E-state index < -0.39 is 26.6 Å². The third kappa shape index (κ3) is 4.12. The summed E-state index contributed by atoms with van der Waals surface area (Å²) in [7, 11) is -4.14. The van der Waals surface area contributed by atoms with Gasteiger partial charge in [0.15, 0.2) is 11.6 Å². The summed E-state index contributed by atoms with van der Waals surface area (Å²) >= 11 is 0. The maximum atomic E-state index is 13.6. The summed E-state index contributed by atoms with van der Waals surface area (Å²) in [5, 5.41) is 0. The minimum atomic E-state index is -4.14. The van der Waals surface area contributed by atoms with Gasteiger partial charge < -0.3 is 10.5 Å². The van der Waals surface area contributed by atoms with Crippen LogP contribution in [0, 0.1) is 11.6 Å². The molecule has 0 amide bonds. The van der Waals surface area contributed by atoms with Crippen LogP contribution in [0.1, 0.15) is 25.7 Å². The van der Waals surface area contributed by atoms with Crippen molar-refractivity contribution >= 4 is 15.7 Å². The van der Waals surface area contributed by atoms with Crippen LogP contribution in [0.4, 0.5) is 14.5 Å². The van der Waals surface area contributed by atoms with Gasteiger partial charge in [-0.2, -0.15) is 0 Å². The molecule has 8 heteroatoms. The second-order valence-electron chi connectivity index (χ2n) is 4.99. The molecule has 1 aliphatic rings. The maximum Gasteiger partial charge on any atom is 0.243 e. The standard InChI is InChI=1S/C13H18F2N2O3S/c14-11-7-9(16)8-12(13(11)15)21(18,19)17-5-4-10-3-1-2-6-20-10/h7-8,10,17H,1-6,16H2. The summed E-state index contributed by atoms with van der Waals surface area (Å²) in [6.45, 7) is 0.773. The summed E-state index contributed by atoms with van der Waals surface area (Å²) in [6, 6.07) is 1.64. The van der Waals surface area contributed by atoms with Gasteiger partial charge in [-0.3, -0.25) is 0 Å². The van der Waals surface area contributed by atoms with Crippen LogP contribution < -0.4 is 10.5 Å². The second kappa shape index (κ2) is 6.67. The summed E-state index contributed by atoms with van der Waals surface area (Å²) in [5.74, 6) is -2.71. The molecule has 0 aromatic heterocycles. The first-order valence-corrected chi connectivity index (χ1v) is 8.24. The molecule has 1 aromatic carbocycles. The zero-order valence-electron chi connectivity index (χ0n) is 11.4. The molecular formula is C13H18F2N2O3S. The van der Waals surface area contributed by atoms with Crippen molar-refractivity contribution in [3.05, 3.63) is 23.8 Å². The Kier molecular flexibility index (Phi) is 5.13. The number of nitrogens with one attached hydrogen (secondary N) is 1. The number of sulfonamides is 1. The van der Waals surface area contributed by atoms with E-state index in [0.717, 1.165) is 31.4 Å². The zero-order valence-corrected chi connectivity index (χ0v) is 12.3. The molecule has 1 aliphatic heterocycles. The Hall–Kier alpha value is -1.25. The smallest absolute Gasteiger partial charge is 0.243 e. The summed E-state index contributed by atoms with van der Waals surface area (Å²) in [4.78, 5) is -0.774. The molecule has 1 aromatic rings. The van der Waals surface area contributed by atoms with Gasteiger partial charge in [0.05, 0.1) is 6.10 Å². The molecule has 5 nitrogen and oxygen atoms in total. The van der Waals surface area contributed by atoms with Crippen molar-refractivity contribution in [1.82, 2.24) is 4.72 Å². The monoisotopic (exact) mass is 320 g/mol. The minimum absolute atomic E-state index is 0.00359. The topological polar surface area (TPSA) is 81.4 Å². The van der Waals surface area contributed by atoms with Gasteiger partial charge in [0.25, 0.3) is 0 Å². The number of benzene rings is 1. The Morgan fingerprint density at radius 1 is 1.33 bits per heavy atom. The first kappa shape index (κ1) is 16.1. The molecule has 1 heterocycles. The molecule has 1 fully saturated rings. The lowest BCUT2D eigenvalue weighted by atomic mass is 10.1. The molecular weight excluding hydrogens is 302 g/mol. The lowest BCUT2D eigenvalue weighted by molar-refractivity contribution is 0.0123. The van der Waals surface area contributed by atoms with E-state index in [4.69, 9.17) is 10.5 Å². The van der Waals surface area contributed by atoms with Crippen LogP contribution in [0.15, 0.2) is 17.0 Å². The van der Waals surface area contributed by atoms with Gasteiger partial charge in [-0.05, 0) is 37.8 Å². The fraction of sp³-hybridized carbons (Fsp3) is 0.538. The summed E-state index contributed by atoms with van der Waals surface area (Å²) in [5.41, 5.74) is 5.20. The SMILES string of the molecule is Nc1cc(F)c(F)c(S(=O)(=O)NCCC2CCCCO2)c1. The quantitative estimate of drug-likeness (QED) is 0.810. The van der Waals surface area contributed by atoms with Crippen LogP contribution in [0.2, 0.25) is 0 Å². The Labute approximate surface area is 122 Å². The number of halogens is 2. The van der Waals surface area contributed by atoms with Gasteiger partial charge in [-0.1, -0.05) is 0 Å². The number of hydrogen-bond donors (Lipinski definition) is 2. The van der Waals surface area contributed by atoms with Crippen LogP contribution in [0.25, 0.3) is 0 Å². The lowest BCUT2D eigenvalue weighted by Gasteiger charge is -2.22. The van der Waals surface area contributed by atoms with Crippen molar-refractivity contribution in [3.63, 3.8) is 0 Å². The number of nitrogen functional groups attached to an aromatic ring is 1. The predicted molar refractivity (Wildman–Crippen MR) is 74.2 cm³/mol. The third-order valence-electron chi connectivity index (χ3n) is 3.34. The average molecular weight is 320 g/mol. The van der Waals surface area contributed by atoms with Crippen LogP contribution in [0.3, 0.4) is 0 Å². The number of ether oxygens (including phenoxy) is 1. The molecule has 1 unspecified atom stereocenters. The fourth-order valence-electron chi connectivity index (χ4n) is 2.25.